The number of thiazole rings is 1. The lowest BCUT2D eigenvalue weighted by Gasteiger charge is -2.40. The molecule has 1 aliphatic heterocycles. The van der Waals surface area contributed by atoms with Crippen LogP contribution in [0.5, 0.6) is 0 Å². The summed E-state index contributed by atoms with van der Waals surface area (Å²) in [5.74, 6) is 0.543. The Morgan fingerprint density at radius 3 is 2.70 bits per heavy atom. The lowest BCUT2D eigenvalue weighted by molar-refractivity contribution is 0.0513. The van der Waals surface area contributed by atoms with E-state index in [4.69, 9.17) is 0 Å². The largest absolute Gasteiger partial charge is 0.396 e. The van der Waals surface area contributed by atoms with Crippen molar-refractivity contribution < 1.29 is 9.90 Å². The van der Waals surface area contributed by atoms with Gasteiger partial charge in [0.1, 0.15) is 5.01 Å². The first-order valence-electron chi connectivity index (χ1n) is 8.65. The maximum Gasteiger partial charge on any atom is 0.317 e. The molecule has 2 fully saturated rings. The highest BCUT2D eigenvalue weighted by Crippen LogP contribution is 2.42. The highest BCUT2D eigenvalue weighted by atomic mass is 32.1. The Morgan fingerprint density at radius 1 is 1.52 bits per heavy atom. The summed E-state index contributed by atoms with van der Waals surface area (Å²) in [6.45, 7) is 5.86. The third-order valence-electron chi connectivity index (χ3n) is 5.47. The zero-order valence-electron chi connectivity index (χ0n) is 14.0. The number of aliphatic hydroxyl groups excluding tert-OH is 1. The lowest BCUT2D eigenvalue weighted by atomic mass is 9.77. The van der Waals surface area contributed by atoms with Crippen molar-refractivity contribution in [3.8, 4) is 0 Å². The molecule has 1 saturated heterocycles. The molecule has 0 radical (unpaired) electrons. The van der Waals surface area contributed by atoms with E-state index in [0.29, 0.717) is 5.92 Å². The minimum absolute atomic E-state index is 0.0130. The van der Waals surface area contributed by atoms with Crippen LogP contribution in [-0.2, 0) is 0 Å². The molecule has 0 spiro atoms. The van der Waals surface area contributed by atoms with Crippen molar-refractivity contribution in [3.63, 3.8) is 0 Å². The number of hydrogen-bond donors (Lipinski definition) is 2. The Labute approximate surface area is 142 Å². The number of carbonyl (C=O) groups is 1. The van der Waals surface area contributed by atoms with E-state index < -0.39 is 0 Å². The van der Waals surface area contributed by atoms with Crippen LogP contribution in [0, 0.1) is 18.3 Å². The topological polar surface area (TPSA) is 65.5 Å². The fourth-order valence-corrected chi connectivity index (χ4v) is 4.28. The van der Waals surface area contributed by atoms with Gasteiger partial charge in [-0.2, -0.15) is 0 Å². The Bertz CT molecular complexity index is 542. The van der Waals surface area contributed by atoms with Gasteiger partial charge in [-0.25, -0.2) is 9.78 Å². The first kappa shape index (κ1) is 16.7. The van der Waals surface area contributed by atoms with E-state index in [0.717, 1.165) is 37.4 Å². The van der Waals surface area contributed by atoms with Gasteiger partial charge in [-0.15, -0.1) is 11.3 Å². The molecular weight excluding hydrogens is 310 g/mol. The van der Waals surface area contributed by atoms with Gasteiger partial charge in [0, 0.05) is 30.8 Å². The summed E-state index contributed by atoms with van der Waals surface area (Å²) in [6.07, 6.45) is 6.98. The van der Waals surface area contributed by atoms with Crippen molar-refractivity contribution >= 4 is 17.4 Å². The number of urea groups is 1. The quantitative estimate of drug-likeness (QED) is 0.868. The molecule has 1 unspecified atom stereocenters. The molecule has 6 heteroatoms. The van der Waals surface area contributed by atoms with Crippen LogP contribution in [-0.4, -0.2) is 40.7 Å². The average Bonchev–Trinajstić information content (AvgIpc) is 3.33. The highest BCUT2D eigenvalue weighted by molar-refractivity contribution is 7.11. The molecule has 0 bridgehead atoms. The number of nitrogens with zero attached hydrogens (tertiary/aromatic N) is 2. The van der Waals surface area contributed by atoms with Crippen molar-refractivity contribution in [2.24, 2.45) is 11.3 Å². The van der Waals surface area contributed by atoms with Gasteiger partial charge in [0.2, 0.25) is 0 Å². The van der Waals surface area contributed by atoms with Crippen molar-refractivity contribution in [2.45, 2.75) is 52.0 Å². The second kappa shape index (κ2) is 6.77. The monoisotopic (exact) mass is 337 g/mol. The summed E-state index contributed by atoms with van der Waals surface area (Å²) in [4.78, 5) is 20.2. The molecule has 2 heterocycles. The predicted octanol–water partition coefficient (Wildman–Crippen LogP) is 3.10. The molecule has 2 N–H and O–H groups in total. The van der Waals surface area contributed by atoms with Gasteiger partial charge in [0.15, 0.2) is 0 Å². The zero-order chi connectivity index (χ0) is 16.4. The molecule has 128 valence electrons. The van der Waals surface area contributed by atoms with Gasteiger partial charge in [0.25, 0.3) is 0 Å². The van der Waals surface area contributed by atoms with Crippen molar-refractivity contribution in [2.75, 3.05) is 19.7 Å². The number of amides is 2. The van der Waals surface area contributed by atoms with Crippen LogP contribution in [0.15, 0.2) is 6.20 Å². The number of aliphatic hydroxyl groups is 1. The maximum atomic E-state index is 12.6. The van der Waals surface area contributed by atoms with Crippen molar-refractivity contribution in [1.82, 2.24) is 15.2 Å². The van der Waals surface area contributed by atoms with Gasteiger partial charge in [-0.1, -0.05) is 6.92 Å². The van der Waals surface area contributed by atoms with Gasteiger partial charge < -0.3 is 15.3 Å². The molecule has 1 atom stereocenters. The second-order valence-corrected chi connectivity index (χ2v) is 8.34. The summed E-state index contributed by atoms with van der Waals surface area (Å²) in [7, 11) is 0. The normalized spacial score (nSPS) is 22.0. The molecule has 1 saturated carbocycles. The molecule has 3 rings (SSSR count). The standard InChI is InChI=1S/C17H27N3O2S/c1-3-17(11-21)6-8-20(9-7-17)16(22)19-14(13-4-5-13)15-18-10-12(2)23-15/h10,13-14,21H,3-9,11H2,1-2H3,(H,19,22). The van der Waals surface area contributed by atoms with Crippen LogP contribution in [0.1, 0.15) is 55.0 Å². The first-order valence-corrected chi connectivity index (χ1v) is 9.47. The average molecular weight is 337 g/mol. The SMILES string of the molecule is CCC1(CO)CCN(C(=O)NC(c2ncc(C)s2)C2CC2)CC1. The number of aromatic nitrogens is 1. The van der Waals surface area contributed by atoms with Crippen molar-refractivity contribution in [3.05, 3.63) is 16.1 Å². The van der Waals surface area contributed by atoms with Crippen molar-refractivity contribution in [1.29, 1.82) is 0 Å². The number of likely N-dealkylation sites (tertiary alicyclic amines) is 1. The Morgan fingerprint density at radius 2 is 2.22 bits per heavy atom. The molecule has 1 aromatic heterocycles. The predicted molar refractivity (Wildman–Crippen MR) is 91.5 cm³/mol. The molecule has 1 aromatic rings. The van der Waals surface area contributed by atoms with E-state index >= 15 is 0 Å². The Balaban J connectivity index is 1.60. The van der Waals surface area contributed by atoms with E-state index in [1.807, 2.05) is 11.1 Å². The second-order valence-electron chi connectivity index (χ2n) is 7.07. The highest BCUT2D eigenvalue weighted by Gasteiger charge is 2.38. The summed E-state index contributed by atoms with van der Waals surface area (Å²) >= 11 is 1.68. The molecular formula is C17H27N3O2S. The summed E-state index contributed by atoms with van der Waals surface area (Å²) in [5, 5.41) is 13.9. The third kappa shape index (κ3) is 3.69. The van der Waals surface area contributed by atoms with Crippen LogP contribution >= 0.6 is 11.3 Å². The van der Waals surface area contributed by atoms with Crippen LogP contribution in [0.2, 0.25) is 0 Å². The van der Waals surface area contributed by atoms with E-state index in [2.05, 4.69) is 24.1 Å². The minimum atomic E-state index is 0.0130. The van der Waals surface area contributed by atoms with Gasteiger partial charge >= 0.3 is 6.03 Å². The smallest absolute Gasteiger partial charge is 0.317 e. The molecule has 2 aliphatic rings. The van der Waals surface area contributed by atoms with E-state index in [-0.39, 0.29) is 24.1 Å². The summed E-state index contributed by atoms with van der Waals surface area (Å²) in [6, 6.07) is 0.0919. The minimum Gasteiger partial charge on any atom is -0.396 e. The zero-order valence-corrected chi connectivity index (χ0v) is 14.9. The molecule has 2 amide bonds. The third-order valence-corrected chi connectivity index (χ3v) is 6.47. The fourth-order valence-electron chi connectivity index (χ4n) is 3.36. The summed E-state index contributed by atoms with van der Waals surface area (Å²) in [5.41, 5.74) is 0.0130. The lowest BCUT2D eigenvalue weighted by Crippen LogP contribution is -2.49. The van der Waals surface area contributed by atoms with Crippen LogP contribution in [0.25, 0.3) is 0 Å². The number of carbonyl (C=O) groups excluding carboxylic acids is 1. The number of aryl methyl sites for hydroxylation is 1. The molecule has 1 aliphatic carbocycles. The molecule has 0 aromatic carbocycles. The Kier molecular flexibility index (Phi) is 4.92. The fraction of sp³-hybridized carbons (Fsp3) is 0.765. The number of piperidine rings is 1. The number of hydrogen-bond acceptors (Lipinski definition) is 4. The first-order chi connectivity index (χ1) is 11.1. The molecule has 23 heavy (non-hydrogen) atoms. The van der Waals surface area contributed by atoms with Gasteiger partial charge in [0.05, 0.1) is 6.04 Å². The van der Waals surface area contributed by atoms with Gasteiger partial charge in [-0.05, 0) is 50.4 Å². The Hall–Kier alpha value is -1.14. The maximum absolute atomic E-state index is 12.6. The number of nitrogens with one attached hydrogen (secondary N) is 1. The van der Waals surface area contributed by atoms with Crippen LogP contribution < -0.4 is 5.32 Å². The van der Waals surface area contributed by atoms with E-state index in [1.165, 1.54) is 17.7 Å². The van der Waals surface area contributed by atoms with Crippen LogP contribution in [0.3, 0.4) is 0 Å². The molecule has 5 nitrogen and oxygen atoms in total. The van der Waals surface area contributed by atoms with Gasteiger partial charge in [-0.3, -0.25) is 0 Å². The van der Waals surface area contributed by atoms with E-state index in [1.54, 1.807) is 11.3 Å². The van der Waals surface area contributed by atoms with E-state index in [9.17, 15) is 9.90 Å². The number of rotatable bonds is 5. The van der Waals surface area contributed by atoms with Crippen LogP contribution in [0.4, 0.5) is 4.79 Å². The summed E-state index contributed by atoms with van der Waals surface area (Å²) < 4.78 is 0.